The molecule has 0 saturated carbocycles. The summed E-state index contributed by atoms with van der Waals surface area (Å²) >= 11 is 0. The van der Waals surface area contributed by atoms with E-state index in [1.165, 1.54) is 5.56 Å². The first-order chi connectivity index (χ1) is 7.69. The second-order valence-corrected chi connectivity index (χ2v) is 4.12. The quantitative estimate of drug-likeness (QED) is 0.748. The lowest BCUT2D eigenvalue weighted by Crippen LogP contribution is -2.19. The van der Waals surface area contributed by atoms with Crippen LogP contribution in [0.25, 0.3) is 0 Å². The molecule has 0 saturated heterocycles. The number of aryl methyl sites for hydroxylation is 1. The monoisotopic (exact) mass is 220 g/mol. The highest BCUT2D eigenvalue weighted by Gasteiger charge is 2.15. The topological polar surface area (TPSA) is 37.3 Å². The van der Waals surface area contributed by atoms with Gasteiger partial charge in [-0.3, -0.25) is 4.79 Å². The van der Waals surface area contributed by atoms with E-state index in [1.807, 2.05) is 31.2 Å². The van der Waals surface area contributed by atoms with E-state index in [-0.39, 0.29) is 5.78 Å². The lowest BCUT2D eigenvalue weighted by atomic mass is 10.0. The average molecular weight is 220 g/mol. The molecular weight excluding hydrogens is 200 g/mol. The van der Waals surface area contributed by atoms with Crippen molar-refractivity contribution in [2.24, 2.45) is 0 Å². The van der Waals surface area contributed by atoms with Crippen molar-refractivity contribution in [1.82, 2.24) is 0 Å². The largest absolute Gasteiger partial charge is 0.385 e. The lowest BCUT2D eigenvalue weighted by Gasteiger charge is -2.08. The Labute approximate surface area is 97.3 Å². The summed E-state index contributed by atoms with van der Waals surface area (Å²) in [5.41, 5.74) is 1.85. The van der Waals surface area contributed by atoms with Crippen molar-refractivity contribution in [3.8, 4) is 0 Å². The van der Waals surface area contributed by atoms with Gasteiger partial charge in [-0.2, -0.15) is 0 Å². The number of Topliss-reactive ketones (excluding diaryl/α,β-unsaturated/α-hetero) is 1. The lowest BCUT2D eigenvalue weighted by molar-refractivity contribution is 0.0729. The zero-order chi connectivity index (χ0) is 12.0. The Morgan fingerprint density at radius 3 is 2.31 bits per heavy atom. The smallest absolute Gasteiger partial charge is 0.191 e. The molecule has 2 nitrogen and oxygen atoms in total. The molecule has 0 aliphatic carbocycles. The standard InChI is InChI=1S/C14H20O2/c1-3-5-11-7-9-12(10-8-11)14(16)13(15)6-4-2/h7-10,13,15H,3-6H2,1-2H3. The molecule has 2 heteroatoms. The molecule has 0 spiro atoms. The maximum Gasteiger partial charge on any atom is 0.191 e. The van der Waals surface area contributed by atoms with Crippen LogP contribution >= 0.6 is 0 Å². The summed E-state index contributed by atoms with van der Waals surface area (Å²) in [6.07, 6.45) is 2.65. The molecule has 0 fully saturated rings. The first-order valence-corrected chi connectivity index (χ1v) is 6.00. The van der Waals surface area contributed by atoms with Gasteiger partial charge in [-0.05, 0) is 18.4 Å². The molecule has 1 rings (SSSR count). The summed E-state index contributed by atoms with van der Waals surface area (Å²) < 4.78 is 0. The number of carbonyl (C=O) groups excluding carboxylic acids is 1. The van der Waals surface area contributed by atoms with Gasteiger partial charge in [0.05, 0.1) is 0 Å². The summed E-state index contributed by atoms with van der Waals surface area (Å²) in [7, 11) is 0. The van der Waals surface area contributed by atoms with Crippen LogP contribution in [0.5, 0.6) is 0 Å². The van der Waals surface area contributed by atoms with Gasteiger partial charge < -0.3 is 5.11 Å². The average Bonchev–Trinajstić information content (AvgIpc) is 2.30. The molecule has 0 aliphatic rings. The zero-order valence-corrected chi connectivity index (χ0v) is 10.1. The Bertz CT molecular complexity index is 327. The van der Waals surface area contributed by atoms with Crippen LogP contribution in [-0.2, 0) is 6.42 Å². The van der Waals surface area contributed by atoms with Crippen LogP contribution in [0.4, 0.5) is 0 Å². The minimum atomic E-state index is -0.845. The second-order valence-electron chi connectivity index (χ2n) is 4.12. The van der Waals surface area contributed by atoms with Crippen LogP contribution in [0.15, 0.2) is 24.3 Å². The number of aliphatic hydroxyl groups is 1. The molecule has 0 aliphatic heterocycles. The first kappa shape index (κ1) is 12.9. The normalized spacial score (nSPS) is 12.4. The Kier molecular flexibility index (Phi) is 5.20. The molecule has 0 amide bonds. The van der Waals surface area contributed by atoms with Crippen molar-refractivity contribution in [2.75, 3.05) is 0 Å². The third kappa shape index (κ3) is 3.46. The van der Waals surface area contributed by atoms with Gasteiger partial charge in [-0.15, -0.1) is 0 Å². The predicted octanol–water partition coefficient (Wildman–Crippen LogP) is 2.98. The summed E-state index contributed by atoms with van der Waals surface area (Å²) in [6.45, 7) is 4.09. The highest BCUT2D eigenvalue weighted by Crippen LogP contribution is 2.11. The van der Waals surface area contributed by atoms with Crippen molar-refractivity contribution in [1.29, 1.82) is 0 Å². The van der Waals surface area contributed by atoms with Gasteiger partial charge in [0.15, 0.2) is 5.78 Å². The van der Waals surface area contributed by atoms with E-state index >= 15 is 0 Å². The fourth-order valence-corrected chi connectivity index (χ4v) is 1.72. The van der Waals surface area contributed by atoms with Gasteiger partial charge in [0, 0.05) is 5.56 Å². The fourth-order valence-electron chi connectivity index (χ4n) is 1.72. The molecule has 0 heterocycles. The number of hydrogen-bond donors (Lipinski definition) is 1. The number of carbonyl (C=O) groups is 1. The summed E-state index contributed by atoms with van der Waals surface area (Å²) in [5.74, 6) is -0.162. The summed E-state index contributed by atoms with van der Waals surface area (Å²) in [5, 5.41) is 9.59. The van der Waals surface area contributed by atoms with Crippen LogP contribution in [0.1, 0.15) is 49.0 Å². The Balaban J connectivity index is 2.69. The Morgan fingerprint density at radius 1 is 1.19 bits per heavy atom. The maximum absolute atomic E-state index is 11.8. The van der Waals surface area contributed by atoms with Crippen molar-refractivity contribution in [3.63, 3.8) is 0 Å². The van der Waals surface area contributed by atoms with Gasteiger partial charge >= 0.3 is 0 Å². The van der Waals surface area contributed by atoms with Crippen LogP contribution in [-0.4, -0.2) is 17.0 Å². The van der Waals surface area contributed by atoms with Crippen molar-refractivity contribution in [3.05, 3.63) is 35.4 Å². The van der Waals surface area contributed by atoms with Gasteiger partial charge in [-0.1, -0.05) is 51.0 Å². The van der Waals surface area contributed by atoms with E-state index in [2.05, 4.69) is 6.92 Å². The van der Waals surface area contributed by atoms with Gasteiger partial charge in [0.2, 0.25) is 0 Å². The highest BCUT2D eigenvalue weighted by molar-refractivity contribution is 5.99. The Hall–Kier alpha value is -1.15. The Morgan fingerprint density at radius 2 is 1.81 bits per heavy atom. The maximum atomic E-state index is 11.8. The molecule has 88 valence electrons. The van der Waals surface area contributed by atoms with Gasteiger partial charge in [0.25, 0.3) is 0 Å². The molecule has 0 bridgehead atoms. The van der Waals surface area contributed by atoms with Crippen molar-refractivity contribution in [2.45, 2.75) is 45.6 Å². The van der Waals surface area contributed by atoms with Crippen LogP contribution < -0.4 is 0 Å². The number of hydrogen-bond acceptors (Lipinski definition) is 2. The molecule has 0 aromatic heterocycles. The van der Waals surface area contributed by atoms with E-state index < -0.39 is 6.10 Å². The third-order valence-electron chi connectivity index (χ3n) is 2.64. The molecular formula is C14H20O2. The van der Waals surface area contributed by atoms with Crippen molar-refractivity contribution >= 4 is 5.78 Å². The minimum Gasteiger partial charge on any atom is -0.385 e. The number of aliphatic hydroxyl groups excluding tert-OH is 1. The van der Waals surface area contributed by atoms with Crippen LogP contribution in [0.2, 0.25) is 0 Å². The first-order valence-electron chi connectivity index (χ1n) is 6.00. The summed E-state index contributed by atoms with van der Waals surface area (Å²) in [4.78, 5) is 11.8. The van der Waals surface area contributed by atoms with Crippen molar-refractivity contribution < 1.29 is 9.90 Å². The van der Waals surface area contributed by atoms with Gasteiger partial charge in [-0.25, -0.2) is 0 Å². The number of benzene rings is 1. The molecule has 16 heavy (non-hydrogen) atoms. The predicted molar refractivity (Wildman–Crippen MR) is 65.7 cm³/mol. The fraction of sp³-hybridized carbons (Fsp3) is 0.500. The molecule has 1 aromatic carbocycles. The molecule has 1 aromatic rings. The summed E-state index contributed by atoms with van der Waals surface area (Å²) in [6, 6.07) is 7.56. The van der Waals surface area contributed by atoms with Gasteiger partial charge in [0.1, 0.15) is 6.10 Å². The van der Waals surface area contributed by atoms with E-state index in [4.69, 9.17) is 0 Å². The molecule has 1 atom stereocenters. The van der Waals surface area contributed by atoms with E-state index in [1.54, 1.807) is 0 Å². The molecule has 1 unspecified atom stereocenters. The minimum absolute atomic E-state index is 0.162. The van der Waals surface area contributed by atoms with Crippen LogP contribution in [0, 0.1) is 0 Å². The number of ketones is 1. The van der Waals surface area contributed by atoms with Crippen LogP contribution in [0.3, 0.4) is 0 Å². The van der Waals surface area contributed by atoms with E-state index in [0.29, 0.717) is 12.0 Å². The second kappa shape index (κ2) is 6.44. The van der Waals surface area contributed by atoms with E-state index in [0.717, 1.165) is 19.3 Å². The highest BCUT2D eigenvalue weighted by atomic mass is 16.3. The molecule has 0 radical (unpaired) electrons. The van der Waals surface area contributed by atoms with E-state index in [9.17, 15) is 9.90 Å². The zero-order valence-electron chi connectivity index (χ0n) is 10.1. The third-order valence-corrected chi connectivity index (χ3v) is 2.64. The number of rotatable bonds is 6. The SMILES string of the molecule is CCCc1ccc(C(=O)C(O)CCC)cc1. The molecule has 1 N–H and O–H groups in total.